The number of fused-ring (bicyclic) bond motifs is 5. The SMILES string of the molecule is C=C(C)[C@H]1CC[C@H]2[C@@H]3C(C)C(C)C4=CC(=O)CC[C@]4(C)C3[C@@H](O)C[C@]12C. The lowest BCUT2D eigenvalue weighted by atomic mass is 9.42. The molecule has 0 amide bonds. The molecule has 3 unspecified atom stereocenters. The van der Waals surface area contributed by atoms with Crippen molar-refractivity contribution in [2.75, 3.05) is 0 Å². The Balaban J connectivity index is 1.81. The molecule has 4 aliphatic carbocycles. The summed E-state index contributed by atoms with van der Waals surface area (Å²) in [5.74, 6) is 3.31. The fraction of sp³-hybridized carbons (Fsp3) is 0.792. The molecule has 0 aromatic carbocycles. The minimum atomic E-state index is -0.266. The number of allylic oxidation sites excluding steroid dienone is 2. The van der Waals surface area contributed by atoms with Gasteiger partial charge < -0.3 is 5.11 Å². The van der Waals surface area contributed by atoms with Gasteiger partial charge in [-0.3, -0.25) is 4.79 Å². The first-order chi connectivity index (χ1) is 12.1. The monoisotopic (exact) mass is 356 g/mol. The number of aliphatic hydroxyl groups excluding tert-OH is 1. The normalized spacial score (nSPS) is 53.4. The van der Waals surface area contributed by atoms with Crippen molar-refractivity contribution >= 4 is 5.78 Å². The van der Waals surface area contributed by atoms with Gasteiger partial charge >= 0.3 is 0 Å². The lowest BCUT2D eigenvalue weighted by Gasteiger charge is -2.63. The Morgan fingerprint density at radius 3 is 2.62 bits per heavy atom. The Bertz CT molecular complexity index is 676. The minimum absolute atomic E-state index is 0.00738. The molecule has 2 heteroatoms. The van der Waals surface area contributed by atoms with Gasteiger partial charge in [-0.25, -0.2) is 0 Å². The molecule has 4 aliphatic rings. The van der Waals surface area contributed by atoms with Crippen LogP contribution in [0.4, 0.5) is 0 Å². The third kappa shape index (κ3) is 2.23. The van der Waals surface area contributed by atoms with Crippen molar-refractivity contribution in [1.82, 2.24) is 0 Å². The topological polar surface area (TPSA) is 37.3 Å². The van der Waals surface area contributed by atoms with Gasteiger partial charge in [0.2, 0.25) is 0 Å². The quantitative estimate of drug-likeness (QED) is 0.658. The van der Waals surface area contributed by atoms with E-state index in [4.69, 9.17) is 0 Å². The van der Waals surface area contributed by atoms with Crippen LogP contribution in [0, 0.1) is 46.3 Å². The van der Waals surface area contributed by atoms with Crippen molar-refractivity contribution in [3.05, 3.63) is 23.8 Å². The Hall–Kier alpha value is -0.890. The van der Waals surface area contributed by atoms with Crippen molar-refractivity contribution in [3.8, 4) is 0 Å². The van der Waals surface area contributed by atoms with E-state index >= 15 is 0 Å². The molecule has 0 aromatic rings. The molecule has 9 atom stereocenters. The molecular weight excluding hydrogens is 320 g/mol. The van der Waals surface area contributed by atoms with Crippen molar-refractivity contribution in [2.45, 2.75) is 72.8 Å². The maximum absolute atomic E-state index is 12.2. The average molecular weight is 357 g/mol. The maximum Gasteiger partial charge on any atom is 0.155 e. The Labute approximate surface area is 159 Å². The van der Waals surface area contributed by atoms with Crippen molar-refractivity contribution in [2.24, 2.45) is 46.3 Å². The molecule has 0 bridgehead atoms. The molecule has 0 aliphatic heterocycles. The van der Waals surface area contributed by atoms with E-state index in [0.29, 0.717) is 41.9 Å². The van der Waals surface area contributed by atoms with Crippen LogP contribution in [0.15, 0.2) is 23.8 Å². The van der Waals surface area contributed by atoms with E-state index in [9.17, 15) is 9.90 Å². The van der Waals surface area contributed by atoms with E-state index in [1.165, 1.54) is 24.0 Å². The molecule has 4 rings (SSSR count). The summed E-state index contributed by atoms with van der Waals surface area (Å²) < 4.78 is 0. The highest BCUT2D eigenvalue weighted by Crippen LogP contribution is 2.69. The summed E-state index contributed by atoms with van der Waals surface area (Å²) in [5.41, 5.74) is 2.81. The lowest BCUT2D eigenvalue weighted by molar-refractivity contribution is -0.152. The van der Waals surface area contributed by atoms with Crippen LogP contribution >= 0.6 is 0 Å². The van der Waals surface area contributed by atoms with Crippen molar-refractivity contribution in [1.29, 1.82) is 0 Å². The minimum Gasteiger partial charge on any atom is -0.393 e. The van der Waals surface area contributed by atoms with Crippen LogP contribution in [0.3, 0.4) is 0 Å². The fourth-order valence-electron chi connectivity index (χ4n) is 8.19. The number of hydrogen-bond donors (Lipinski definition) is 1. The van der Waals surface area contributed by atoms with Crippen molar-refractivity contribution in [3.63, 3.8) is 0 Å². The van der Waals surface area contributed by atoms with Crippen LogP contribution < -0.4 is 0 Å². The van der Waals surface area contributed by atoms with Crippen LogP contribution in [-0.4, -0.2) is 17.0 Å². The Morgan fingerprint density at radius 1 is 1.27 bits per heavy atom. The molecule has 0 heterocycles. The van der Waals surface area contributed by atoms with Crippen molar-refractivity contribution < 1.29 is 9.90 Å². The summed E-state index contributed by atoms with van der Waals surface area (Å²) in [6.07, 6.45) is 6.64. The summed E-state index contributed by atoms with van der Waals surface area (Å²) in [4.78, 5) is 12.2. The number of aliphatic hydroxyl groups is 1. The van der Waals surface area contributed by atoms with E-state index in [0.717, 1.165) is 12.8 Å². The highest BCUT2D eigenvalue weighted by Gasteiger charge is 2.64. The first-order valence-corrected chi connectivity index (χ1v) is 10.7. The van der Waals surface area contributed by atoms with Crippen LogP contribution in [0.1, 0.15) is 66.7 Å². The average Bonchev–Trinajstić information content (AvgIpc) is 2.90. The van der Waals surface area contributed by atoms with Gasteiger partial charge in [0.05, 0.1) is 6.10 Å². The number of ketones is 1. The summed E-state index contributed by atoms with van der Waals surface area (Å²) in [6, 6.07) is 0. The van der Waals surface area contributed by atoms with Gasteiger partial charge in [-0.15, -0.1) is 0 Å². The fourth-order valence-corrected chi connectivity index (χ4v) is 8.19. The second-order valence-electron chi connectivity index (χ2n) is 10.6. The van der Waals surface area contributed by atoms with Gasteiger partial charge in [0.15, 0.2) is 5.78 Å². The van der Waals surface area contributed by atoms with E-state index in [1.807, 2.05) is 6.08 Å². The van der Waals surface area contributed by atoms with Gasteiger partial charge in [-0.1, -0.05) is 45.4 Å². The molecule has 144 valence electrons. The third-order valence-corrected chi connectivity index (χ3v) is 9.44. The molecule has 0 spiro atoms. The van der Waals surface area contributed by atoms with Crippen LogP contribution in [-0.2, 0) is 4.79 Å². The Morgan fingerprint density at radius 2 is 1.96 bits per heavy atom. The molecule has 26 heavy (non-hydrogen) atoms. The summed E-state index contributed by atoms with van der Waals surface area (Å²) in [7, 11) is 0. The van der Waals surface area contributed by atoms with Crippen LogP contribution in [0.5, 0.6) is 0 Å². The molecule has 0 radical (unpaired) electrons. The summed E-state index contributed by atoms with van der Waals surface area (Å²) in [5, 5.41) is 11.4. The molecule has 3 fully saturated rings. The molecule has 2 nitrogen and oxygen atoms in total. The van der Waals surface area contributed by atoms with Gasteiger partial charge in [0.1, 0.15) is 0 Å². The Kier molecular flexibility index (Phi) is 4.12. The first-order valence-electron chi connectivity index (χ1n) is 10.7. The smallest absolute Gasteiger partial charge is 0.155 e. The molecule has 1 N–H and O–H groups in total. The summed E-state index contributed by atoms with van der Waals surface area (Å²) >= 11 is 0. The van der Waals surface area contributed by atoms with E-state index in [2.05, 4.69) is 41.2 Å². The highest BCUT2D eigenvalue weighted by atomic mass is 16.3. The standard InChI is InChI=1S/C24H36O2/c1-13(2)17-7-8-18-21-15(4)14(3)19-11-16(25)9-10-23(19,5)22(21)20(26)12-24(17,18)6/h11,14-15,17-18,20-22,26H,1,7-10,12H2,2-6H3/t14?,15?,17-,18+,20+,21+,22?,23+,24-/m1/s1. The predicted molar refractivity (Wildman–Crippen MR) is 105 cm³/mol. The van der Waals surface area contributed by atoms with E-state index < -0.39 is 0 Å². The van der Waals surface area contributed by atoms with Gasteiger partial charge in [0.25, 0.3) is 0 Å². The van der Waals surface area contributed by atoms with Gasteiger partial charge in [0, 0.05) is 6.42 Å². The molecule has 3 saturated carbocycles. The summed E-state index contributed by atoms with van der Waals surface area (Å²) in [6.45, 7) is 16.0. The second kappa shape index (κ2) is 5.80. The van der Waals surface area contributed by atoms with Gasteiger partial charge in [-0.2, -0.15) is 0 Å². The molecule has 0 aromatic heterocycles. The second-order valence-corrected chi connectivity index (χ2v) is 10.6. The maximum atomic E-state index is 12.2. The zero-order valence-electron chi connectivity index (χ0n) is 17.2. The predicted octanol–water partition coefficient (Wildman–Crippen LogP) is 5.17. The van der Waals surface area contributed by atoms with Gasteiger partial charge in [-0.05, 0) is 85.0 Å². The lowest BCUT2D eigenvalue weighted by Crippen LogP contribution is -2.60. The molecule has 0 saturated heterocycles. The van der Waals surface area contributed by atoms with Crippen LogP contribution in [0.2, 0.25) is 0 Å². The number of carbonyl (C=O) groups is 1. The first kappa shape index (κ1) is 18.5. The van der Waals surface area contributed by atoms with E-state index in [1.54, 1.807) is 0 Å². The molecular formula is C24H36O2. The highest BCUT2D eigenvalue weighted by molar-refractivity contribution is 5.91. The number of rotatable bonds is 1. The zero-order valence-corrected chi connectivity index (χ0v) is 17.2. The largest absolute Gasteiger partial charge is 0.393 e. The van der Waals surface area contributed by atoms with Crippen LogP contribution in [0.25, 0.3) is 0 Å². The number of carbonyl (C=O) groups excluding carboxylic acids is 1. The zero-order chi connectivity index (χ0) is 19.0. The van der Waals surface area contributed by atoms with E-state index in [-0.39, 0.29) is 22.7 Å². The third-order valence-electron chi connectivity index (χ3n) is 9.44. The number of hydrogen-bond acceptors (Lipinski definition) is 2.